The number of carbonyl (C=O) groups is 1. The maximum atomic E-state index is 12.3. The van der Waals surface area contributed by atoms with E-state index in [9.17, 15) is 4.79 Å². The molecule has 0 atom stereocenters. The van der Waals surface area contributed by atoms with Crippen LogP contribution in [0.4, 0.5) is 0 Å². The minimum Gasteiger partial charge on any atom is -0.491 e. The number of hydrogen-bond acceptors (Lipinski definition) is 4. The number of rotatable bonds is 9. The van der Waals surface area contributed by atoms with Gasteiger partial charge in [0, 0.05) is 25.7 Å². The zero-order valence-corrected chi connectivity index (χ0v) is 13.8. The topological polar surface area (TPSA) is 44.8 Å². The van der Waals surface area contributed by atoms with Gasteiger partial charge in [0.1, 0.15) is 12.4 Å². The Labute approximate surface area is 133 Å². The van der Waals surface area contributed by atoms with E-state index < -0.39 is 0 Å². The summed E-state index contributed by atoms with van der Waals surface area (Å²) in [6, 6.07) is 8.14. The summed E-state index contributed by atoms with van der Waals surface area (Å²) in [5, 5.41) is 2.98. The Hall–Kier alpha value is -1.59. The predicted molar refractivity (Wildman–Crippen MR) is 88.5 cm³/mol. The molecule has 2 rings (SSSR count). The van der Waals surface area contributed by atoms with Crippen LogP contribution in [0.2, 0.25) is 0 Å². The van der Waals surface area contributed by atoms with Crippen LogP contribution in [0.5, 0.6) is 5.75 Å². The average Bonchev–Trinajstić information content (AvgIpc) is 3.32. The molecule has 0 saturated heterocycles. The Balaban J connectivity index is 1.82. The summed E-state index contributed by atoms with van der Waals surface area (Å²) in [5.41, 5.74) is 0.607. The van der Waals surface area contributed by atoms with Crippen molar-refractivity contribution in [3.63, 3.8) is 0 Å². The molecule has 1 amide bonds. The van der Waals surface area contributed by atoms with Gasteiger partial charge in [-0.1, -0.05) is 12.1 Å². The lowest BCUT2D eigenvalue weighted by atomic mass is 10.2. The van der Waals surface area contributed by atoms with E-state index in [2.05, 4.69) is 22.2 Å². The van der Waals surface area contributed by atoms with Gasteiger partial charge in [0.2, 0.25) is 0 Å². The molecule has 0 radical (unpaired) electrons. The fraction of sp³-hybridized carbons (Fsp3) is 0.588. The Bertz CT molecular complexity index is 487. The van der Waals surface area contributed by atoms with E-state index in [1.54, 1.807) is 0 Å². The Morgan fingerprint density at radius 3 is 2.64 bits per heavy atom. The van der Waals surface area contributed by atoms with Gasteiger partial charge in [-0.15, -0.1) is 0 Å². The van der Waals surface area contributed by atoms with E-state index in [0.29, 0.717) is 24.5 Å². The molecule has 1 aromatic rings. The minimum atomic E-state index is -0.0651. The smallest absolute Gasteiger partial charge is 0.255 e. The highest BCUT2D eigenvalue weighted by Gasteiger charge is 2.25. The lowest BCUT2D eigenvalue weighted by Gasteiger charge is -2.17. The van der Waals surface area contributed by atoms with Gasteiger partial charge in [0.25, 0.3) is 5.91 Å². The van der Waals surface area contributed by atoms with Crippen molar-refractivity contribution >= 4 is 5.91 Å². The lowest BCUT2D eigenvalue weighted by molar-refractivity contribution is 0.0945. The van der Waals surface area contributed by atoms with Crippen molar-refractivity contribution in [2.24, 2.45) is 0 Å². The summed E-state index contributed by atoms with van der Waals surface area (Å²) in [5.74, 6) is 0.585. The second-order valence-corrected chi connectivity index (χ2v) is 6.12. The van der Waals surface area contributed by atoms with Crippen molar-refractivity contribution in [1.29, 1.82) is 0 Å². The molecule has 5 nitrogen and oxygen atoms in total. The fourth-order valence-corrected chi connectivity index (χ4v) is 2.26. The van der Waals surface area contributed by atoms with E-state index in [-0.39, 0.29) is 5.91 Å². The molecule has 1 aliphatic carbocycles. The fourth-order valence-electron chi connectivity index (χ4n) is 2.26. The van der Waals surface area contributed by atoms with Crippen molar-refractivity contribution in [3.05, 3.63) is 29.8 Å². The number of nitrogens with zero attached hydrogens (tertiary/aromatic N) is 2. The molecule has 22 heavy (non-hydrogen) atoms. The molecule has 0 heterocycles. The summed E-state index contributed by atoms with van der Waals surface area (Å²) in [4.78, 5) is 16.7. The summed E-state index contributed by atoms with van der Waals surface area (Å²) in [6.45, 7) is 2.95. The number of para-hydroxylation sites is 1. The van der Waals surface area contributed by atoms with Crippen LogP contribution in [0.25, 0.3) is 0 Å². The lowest BCUT2D eigenvalue weighted by Crippen LogP contribution is -2.34. The van der Waals surface area contributed by atoms with Crippen LogP contribution in [0.1, 0.15) is 23.2 Å². The first-order valence-electron chi connectivity index (χ1n) is 7.93. The van der Waals surface area contributed by atoms with Crippen LogP contribution in [0, 0.1) is 0 Å². The maximum Gasteiger partial charge on any atom is 0.255 e. The highest BCUT2D eigenvalue weighted by molar-refractivity contribution is 5.96. The Kier molecular flexibility index (Phi) is 6.21. The second-order valence-electron chi connectivity index (χ2n) is 6.12. The van der Waals surface area contributed by atoms with E-state index >= 15 is 0 Å². The molecule has 5 heteroatoms. The summed E-state index contributed by atoms with van der Waals surface area (Å²) < 4.78 is 5.73. The molecule has 1 aliphatic rings. The molecule has 0 unspecified atom stereocenters. The first kappa shape index (κ1) is 16.8. The third-order valence-electron chi connectivity index (χ3n) is 3.85. The van der Waals surface area contributed by atoms with Gasteiger partial charge in [-0.05, 0) is 46.1 Å². The number of likely N-dealkylation sites (N-methyl/N-ethyl adjacent to an activating group) is 2. The Morgan fingerprint density at radius 1 is 1.23 bits per heavy atom. The first-order valence-corrected chi connectivity index (χ1v) is 7.93. The van der Waals surface area contributed by atoms with Crippen molar-refractivity contribution in [3.8, 4) is 5.75 Å². The van der Waals surface area contributed by atoms with Crippen LogP contribution in [0.15, 0.2) is 24.3 Å². The molecular weight excluding hydrogens is 278 g/mol. The molecule has 0 spiro atoms. The maximum absolute atomic E-state index is 12.3. The first-order chi connectivity index (χ1) is 10.6. The third kappa shape index (κ3) is 5.31. The molecule has 1 saturated carbocycles. The SMILES string of the molecule is CN(C)CCOc1ccccc1C(=O)NCCN(C)C1CC1. The van der Waals surface area contributed by atoms with Gasteiger partial charge >= 0.3 is 0 Å². The van der Waals surface area contributed by atoms with Crippen LogP contribution >= 0.6 is 0 Å². The number of ether oxygens (including phenoxy) is 1. The normalized spacial score (nSPS) is 14.4. The number of amides is 1. The van der Waals surface area contributed by atoms with Crippen molar-refractivity contribution in [2.45, 2.75) is 18.9 Å². The zero-order chi connectivity index (χ0) is 15.9. The molecule has 0 aliphatic heterocycles. The van der Waals surface area contributed by atoms with Gasteiger partial charge < -0.3 is 19.9 Å². The summed E-state index contributed by atoms with van der Waals surface area (Å²) in [7, 11) is 6.11. The molecule has 1 aromatic carbocycles. The second kappa shape index (κ2) is 8.15. The van der Waals surface area contributed by atoms with Crippen LogP contribution in [-0.2, 0) is 0 Å². The third-order valence-corrected chi connectivity index (χ3v) is 3.85. The van der Waals surface area contributed by atoms with Crippen molar-refractivity contribution in [1.82, 2.24) is 15.1 Å². The minimum absolute atomic E-state index is 0.0651. The molecular formula is C17H27N3O2. The summed E-state index contributed by atoms with van der Waals surface area (Å²) >= 11 is 0. The highest BCUT2D eigenvalue weighted by Crippen LogP contribution is 2.24. The standard InChI is InChI=1S/C17H27N3O2/c1-19(2)12-13-22-16-7-5-4-6-15(16)17(21)18-10-11-20(3)14-8-9-14/h4-7,14H,8-13H2,1-3H3,(H,18,21). The van der Waals surface area contributed by atoms with Gasteiger partial charge in [-0.25, -0.2) is 0 Å². The van der Waals surface area contributed by atoms with Crippen LogP contribution < -0.4 is 10.1 Å². The van der Waals surface area contributed by atoms with Gasteiger partial charge in [0.15, 0.2) is 0 Å². The zero-order valence-electron chi connectivity index (χ0n) is 13.8. The number of nitrogens with one attached hydrogen (secondary N) is 1. The Morgan fingerprint density at radius 2 is 1.95 bits per heavy atom. The number of hydrogen-bond donors (Lipinski definition) is 1. The van der Waals surface area contributed by atoms with Gasteiger partial charge in [0.05, 0.1) is 5.56 Å². The van der Waals surface area contributed by atoms with E-state index in [1.165, 1.54) is 12.8 Å². The monoisotopic (exact) mass is 305 g/mol. The van der Waals surface area contributed by atoms with E-state index in [4.69, 9.17) is 4.74 Å². The molecule has 0 bridgehead atoms. The van der Waals surface area contributed by atoms with Crippen molar-refractivity contribution < 1.29 is 9.53 Å². The van der Waals surface area contributed by atoms with E-state index in [1.807, 2.05) is 38.4 Å². The highest BCUT2D eigenvalue weighted by atomic mass is 16.5. The molecule has 1 fully saturated rings. The van der Waals surface area contributed by atoms with Gasteiger partial charge in [-0.3, -0.25) is 4.79 Å². The van der Waals surface area contributed by atoms with E-state index in [0.717, 1.165) is 19.1 Å². The van der Waals surface area contributed by atoms with Crippen LogP contribution in [-0.4, -0.2) is 69.1 Å². The molecule has 1 N–H and O–H groups in total. The number of carbonyl (C=O) groups excluding carboxylic acids is 1. The van der Waals surface area contributed by atoms with Crippen LogP contribution in [0.3, 0.4) is 0 Å². The molecule has 0 aromatic heterocycles. The predicted octanol–water partition coefficient (Wildman–Crippen LogP) is 1.45. The number of benzene rings is 1. The molecule has 122 valence electrons. The quantitative estimate of drug-likeness (QED) is 0.750. The average molecular weight is 305 g/mol. The van der Waals surface area contributed by atoms with Crippen molar-refractivity contribution in [2.75, 3.05) is 47.4 Å². The van der Waals surface area contributed by atoms with Gasteiger partial charge in [-0.2, -0.15) is 0 Å². The summed E-state index contributed by atoms with van der Waals surface area (Å²) in [6.07, 6.45) is 2.57. The largest absolute Gasteiger partial charge is 0.491 e.